The zero-order valence-electron chi connectivity index (χ0n) is 16.5. The highest BCUT2D eigenvalue weighted by Crippen LogP contribution is 2.18. The van der Waals surface area contributed by atoms with Crippen molar-refractivity contribution in [3.8, 4) is 11.5 Å². The van der Waals surface area contributed by atoms with E-state index in [-0.39, 0.29) is 11.0 Å². The molecule has 0 fully saturated rings. The molecule has 1 amide bonds. The number of nitrogens with one attached hydrogen (secondary N) is 2. The Hall–Kier alpha value is -2.60. The average Bonchev–Trinajstić information content (AvgIpc) is 2.69. The van der Waals surface area contributed by atoms with Gasteiger partial charge in [-0.3, -0.25) is 10.1 Å². The highest BCUT2D eigenvalue weighted by Gasteiger charge is 2.09. The van der Waals surface area contributed by atoms with Gasteiger partial charge >= 0.3 is 0 Å². The third kappa shape index (κ3) is 7.56. The van der Waals surface area contributed by atoms with E-state index in [0.717, 1.165) is 42.9 Å². The highest BCUT2D eigenvalue weighted by molar-refractivity contribution is 7.80. The molecule has 2 rings (SSSR count). The second-order valence-corrected chi connectivity index (χ2v) is 6.77. The van der Waals surface area contributed by atoms with Crippen molar-refractivity contribution in [1.82, 2.24) is 5.32 Å². The first-order valence-corrected chi connectivity index (χ1v) is 10.1. The number of hydrogen-bond acceptors (Lipinski definition) is 4. The molecule has 0 spiro atoms. The molecule has 0 unspecified atom stereocenters. The molecule has 6 heteroatoms. The molecule has 0 saturated heterocycles. The number of carbonyl (C=O) groups is 1. The molecule has 2 N–H and O–H groups in total. The SMILES string of the molecule is CCCCOc1ccc(C(=O)NC(=S)Nc2cccc(OCCCC)c2)cc1. The van der Waals surface area contributed by atoms with E-state index >= 15 is 0 Å². The van der Waals surface area contributed by atoms with Crippen LogP contribution in [0.2, 0.25) is 0 Å². The Bertz CT molecular complexity index is 763. The van der Waals surface area contributed by atoms with Crippen LogP contribution in [0.4, 0.5) is 5.69 Å². The molecule has 150 valence electrons. The molecule has 5 nitrogen and oxygen atoms in total. The first-order valence-electron chi connectivity index (χ1n) is 9.70. The number of amides is 1. The summed E-state index contributed by atoms with van der Waals surface area (Å²) in [4.78, 5) is 12.4. The maximum atomic E-state index is 12.4. The summed E-state index contributed by atoms with van der Waals surface area (Å²) in [5, 5.41) is 5.94. The van der Waals surface area contributed by atoms with Gasteiger partial charge in [-0.15, -0.1) is 0 Å². The Balaban J connectivity index is 1.85. The molecule has 2 aromatic rings. The van der Waals surface area contributed by atoms with Crippen LogP contribution in [0.25, 0.3) is 0 Å². The summed E-state index contributed by atoms with van der Waals surface area (Å²) < 4.78 is 11.3. The minimum atomic E-state index is -0.270. The van der Waals surface area contributed by atoms with Crippen LogP contribution in [0.1, 0.15) is 49.9 Å². The van der Waals surface area contributed by atoms with Crippen LogP contribution in [0.5, 0.6) is 11.5 Å². The molecular formula is C22H28N2O3S. The third-order valence-corrected chi connectivity index (χ3v) is 4.17. The molecule has 0 bridgehead atoms. The average molecular weight is 401 g/mol. The summed E-state index contributed by atoms with van der Waals surface area (Å²) in [5.41, 5.74) is 1.28. The van der Waals surface area contributed by atoms with E-state index in [0.29, 0.717) is 18.8 Å². The summed E-state index contributed by atoms with van der Waals surface area (Å²) in [7, 11) is 0. The Morgan fingerprint density at radius 2 is 1.57 bits per heavy atom. The van der Waals surface area contributed by atoms with Crippen LogP contribution in [-0.4, -0.2) is 24.2 Å². The van der Waals surface area contributed by atoms with Gasteiger partial charge in [0.05, 0.1) is 13.2 Å². The second-order valence-electron chi connectivity index (χ2n) is 6.36. The first-order chi connectivity index (χ1) is 13.6. The fourth-order valence-electron chi connectivity index (χ4n) is 2.37. The van der Waals surface area contributed by atoms with Crippen LogP contribution in [0.15, 0.2) is 48.5 Å². The summed E-state index contributed by atoms with van der Waals surface area (Å²) in [6.07, 6.45) is 4.18. The lowest BCUT2D eigenvalue weighted by Gasteiger charge is -2.12. The van der Waals surface area contributed by atoms with Crippen LogP contribution < -0.4 is 20.1 Å². The number of anilines is 1. The zero-order chi connectivity index (χ0) is 20.2. The summed E-state index contributed by atoms with van der Waals surface area (Å²) >= 11 is 5.25. The van der Waals surface area contributed by atoms with Gasteiger partial charge in [-0.05, 0) is 61.5 Å². The van der Waals surface area contributed by atoms with Gasteiger partial charge in [0.25, 0.3) is 5.91 Å². The topological polar surface area (TPSA) is 59.6 Å². The lowest BCUT2D eigenvalue weighted by molar-refractivity contribution is 0.0977. The van der Waals surface area contributed by atoms with Gasteiger partial charge in [-0.25, -0.2) is 0 Å². The summed E-state index contributed by atoms with van der Waals surface area (Å²) in [6, 6.07) is 14.5. The minimum absolute atomic E-state index is 0.235. The largest absolute Gasteiger partial charge is 0.494 e. The van der Waals surface area contributed by atoms with Crippen molar-refractivity contribution in [3.05, 3.63) is 54.1 Å². The highest BCUT2D eigenvalue weighted by atomic mass is 32.1. The van der Waals surface area contributed by atoms with Gasteiger partial charge in [-0.2, -0.15) is 0 Å². The minimum Gasteiger partial charge on any atom is -0.494 e. The maximum absolute atomic E-state index is 12.4. The molecule has 0 aromatic heterocycles. The van der Waals surface area contributed by atoms with E-state index in [4.69, 9.17) is 21.7 Å². The fourth-order valence-corrected chi connectivity index (χ4v) is 2.58. The van der Waals surface area contributed by atoms with Gasteiger partial charge < -0.3 is 14.8 Å². The number of rotatable bonds is 10. The Morgan fingerprint density at radius 3 is 2.21 bits per heavy atom. The molecule has 0 aliphatic carbocycles. The van der Waals surface area contributed by atoms with Crippen molar-refractivity contribution < 1.29 is 14.3 Å². The van der Waals surface area contributed by atoms with Crippen molar-refractivity contribution in [2.75, 3.05) is 18.5 Å². The number of benzene rings is 2. The molecule has 0 heterocycles. The molecule has 0 atom stereocenters. The van der Waals surface area contributed by atoms with Crippen molar-refractivity contribution >= 4 is 28.9 Å². The summed E-state index contributed by atoms with van der Waals surface area (Å²) in [5.74, 6) is 1.25. The van der Waals surface area contributed by atoms with Gasteiger partial charge in [0, 0.05) is 17.3 Å². The van der Waals surface area contributed by atoms with Crippen molar-refractivity contribution in [3.63, 3.8) is 0 Å². The van der Waals surface area contributed by atoms with E-state index in [1.807, 2.05) is 24.3 Å². The molecule has 0 saturated carbocycles. The van der Waals surface area contributed by atoms with Crippen LogP contribution in [0.3, 0.4) is 0 Å². The molecule has 2 aromatic carbocycles. The number of unbranched alkanes of at least 4 members (excludes halogenated alkanes) is 2. The van der Waals surface area contributed by atoms with E-state index in [1.165, 1.54) is 0 Å². The Kier molecular flexibility index (Phi) is 9.28. The molecule has 0 aliphatic rings. The molecule has 0 aliphatic heterocycles. The molecular weight excluding hydrogens is 372 g/mol. The first kappa shape index (κ1) is 21.7. The van der Waals surface area contributed by atoms with Gasteiger partial charge in [0.15, 0.2) is 5.11 Å². The number of thiocarbonyl (C=S) groups is 1. The third-order valence-electron chi connectivity index (χ3n) is 3.97. The van der Waals surface area contributed by atoms with E-state index in [2.05, 4.69) is 24.5 Å². The van der Waals surface area contributed by atoms with Gasteiger partial charge in [0.2, 0.25) is 0 Å². The van der Waals surface area contributed by atoms with Crippen molar-refractivity contribution in [2.45, 2.75) is 39.5 Å². The summed E-state index contributed by atoms with van der Waals surface area (Å²) in [6.45, 7) is 5.59. The van der Waals surface area contributed by atoms with Crippen molar-refractivity contribution in [2.24, 2.45) is 0 Å². The second kappa shape index (κ2) is 12.0. The smallest absolute Gasteiger partial charge is 0.257 e. The van der Waals surface area contributed by atoms with E-state index in [1.54, 1.807) is 24.3 Å². The monoisotopic (exact) mass is 400 g/mol. The fraction of sp³-hybridized carbons (Fsp3) is 0.364. The van der Waals surface area contributed by atoms with Crippen LogP contribution in [-0.2, 0) is 0 Å². The molecule has 28 heavy (non-hydrogen) atoms. The Labute approximate surface area is 172 Å². The van der Waals surface area contributed by atoms with Crippen molar-refractivity contribution in [1.29, 1.82) is 0 Å². The zero-order valence-corrected chi connectivity index (χ0v) is 17.3. The van der Waals surface area contributed by atoms with E-state index in [9.17, 15) is 4.79 Å². The molecule has 0 radical (unpaired) electrons. The van der Waals surface area contributed by atoms with Gasteiger partial charge in [-0.1, -0.05) is 32.8 Å². The lowest BCUT2D eigenvalue weighted by Crippen LogP contribution is -2.34. The predicted octanol–water partition coefficient (Wildman–Crippen LogP) is 5.17. The predicted molar refractivity (Wildman–Crippen MR) is 117 cm³/mol. The van der Waals surface area contributed by atoms with E-state index < -0.39 is 0 Å². The Morgan fingerprint density at radius 1 is 0.929 bits per heavy atom. The normalized spacial score (nSPS) is 10.2. The lowest BCUT2D eigenvalue weighted by atomic mass is 10.2. The number of carbonyl (C=O) groups excluding carboxylic acids is 1. The number of ether oxygens (including phenoxy) is 2. The quantitative estimate of drug-likeness (QED) is 0.425. The van der Waals surface area contributed by atoms with Crippen LogP contribution >= 0.6 is 12.2 Å². The van der Waals surface area contributed by atoms with Crippen LogP contribution in [0, 0.1) is 0 Å². The standard InChI is InChI=1S/C22H28N2O3S/c1-3-5-14-26-19-12-10-17(11-13-19)21(25)24-22(28)23-18-8-7-9-20(16-18)27-15-6-4-2/h7-13,16H,3-6,14-15H2,1-2H3,(H2,23,24,25,28). The maximum Gasteiger partial charge on any atom is 0.257 e. The van der Waals surface area contributed by atoms with Gasteiger partial charge in [0.1, 0.15) is 11.5 Å². The number of hydrogen-bond donors (Lipinski definition) is 2.